The van der Waals surface area contributed by atoms with Crippen molar-refractivity contribution in [1.82, 2.24) is 15.3 Å². The first-order valence-corrected chi connectivity index (χ1v) is 10.4. The SMILES string of the molecule is C[C@@H](NC(=O)c1cncc(C2CC2)n1)c1ccc(-c2cc(C(F)(F)F)ccc2CN)cc1. The Hall–Kier alpha value is -3.26. The molecule has 3 N–H and O–H groups in total. The number of nitrogens with two attached hydrogens (primary N) is 1. The molecule has 1 fully saturated rings. The van der Waals surface area contributed by atoms with Crippen molar-refractivity contribution in [2.75, 3.05) is 0 Å². The molecule has 32 heavy (non-hydrogen) atoms. The highest BCUT2D eigenvalue weighted by Gasteiger charge is 2.31. The van der Waals surface area contributed by atoms with Gasteiger partial charge in [0.05, 0.1) is 23.5 Å². The third-order valence-corrected chi connectivity index (χ3v) is 5.61. The van der Waals surface area contributed by atoms with Crippen molar-refractivity contribution in [3.63, 3.8) is 0 Å². The van der Waals surface area contributed by atoms with E-state index in [-0.39, 0.29) is 24.2 Å². The van der Waals surface area contributed by atoms with Crippen molar-refractivity contribution in [2.45, 2.75) is 44.4 Å². The molecular formula is C24H23F3N4O. The zero-order chi connectivity index (χ0) is 22.9. The number of rotatable bonds is 6. The highest BCUT2D eigenvalue weighted by molar-refractivity contribution is 5.92. The van der Waals surface area contributed by atoms with Gasteiger partial charge in [0.15, 0.2) is 0 Å². The van der Waals surface area contributed by atoms with Crippen LogP contribution in [0.25, 0.3) is 11.1 Å². The zero-order valence-electron chi connectivity index (χ0n) is 17.5. The number of amides is 1. The van der Waals surface area contributed by atoms with Crippen molar-refractivity contribution in [2.24, 2.45) is 5.73 Å². The molecule has 1 aromatic heterocycles. The molecule has 0 unspecified atom stereocenters. The number of halogens is 3. The highest BCUT2D eigenvalue weighted by atomic mass is 19.4. The molecule has 0 bridgehead atoms. The van der Waals surface area contributed by atoms with E-state index in [9.17, 15) is 18.0 Å². The van der Waals surface area contributed by atoms with Crippen LogP contribution in [0.1, 0.15) is 64.6 Å². The molecule has 0 saturated heterocycles. The standard InChI is InChI=1S/C24H23F3N4O/c1-14(30-23(32)22-13-29-12-21(31-22)17-6-7-17)15-2-4-16(5-3-15)20-10-19(24(25,26)27)9-8-18(20)11-28/h2-5,8-10,12-14,17H,6-7,11,28H2,1H3,(H,30,32)/t14-/m1/s1. The van der Waals surface area contributed by atoms with E-state index in [0.717, 1.165) is 36.2 Å². The normalized spacial score (nSPS) is 14.8. The topological polar surface area (TPSA) is 80.9 Å². The maximum Gasteiger partial charge on any atom is 0.416 e. The first kappa shape index (κ1) is 22.0. The lowest BCUT2D eigenvalue weighted by molar-refractivity contribution is -0.137. The van der Waals surface area contributed by atoms with Crippen LogP contribution in [0.15, 0.2) is 54.9 Å². The van der Waals surface area contributed by atoms with E-state index < -0.39 is 11.7 Å². The summed E-state index contributed by atoms with van der Waals surface area (Å²) in [5.41, 5.74) is 8.63. The lowest BCUT2D eigenvalue weighted by atomic mass is 9.95. The van der Waals surface area contributed by atoms with Crippen molar-refractivity contribution in [3.05, 3.63) is 82.9 Å². The van der Waals surface area contributed by atoms with Crippen LogP contribution in [0.2, 0.25) is 0 Å². The average Bonchev–Trinajstić information content (AvgIpc) is 3.64. The maximum absolute atomic E-state index is 13.1. The van der Waals surface area contributed by atoms with Gasteiger partial charge in [0.25, 0.3) is 5.91 Å². The Morgan fingerprint density at radius 2 is 1.88 bits per heavy atom. The number of nitrogens with zero attached hydrogens (tertiary/aromatic N) is 2. The lowest BCUT2D eigenvalue weighted by Crippen LogP contribution is -2.27. The third kappa shape index (κ3) is 4.80. The minimum Gasteiger partial charge on any atom is -0.344 e. The number of hydrogen-bond donors (Lipinski definition) is 2. The number of alkyl halides is 3. The van der Waals surface area contributed by atoms with Gasteiger partial charge in [-0.2, -0.15) is 13.2 Å². The van der Waals surface area contributed by atoms with E-state index in [4.69, 9.17) is 5.73 Å². The molecule has 8 heteroatoms. The molecule has 1 amide bonds. The summed E-state index contributed by atoms with van der Waals surface area (Å²) in [5.74, 6) is 0.0781. The molecule has 4 rings (SSSR count). The minimum atomic E-state index is -4.43. The Labute approximate surface area is 183 Å². The van der Waals surface area contributed by atoms with Crippen molar-refractivity contribution >= 4 is 5.91 Å². The molecular weight excluding hydrogens is 417 g/mol. The summed E-state index contributed by atoms with van der Waals surface area (Å²) in [6.07, 6.45) is 0.847. The van der Waals surface area contributed by atoms with E-state index in [1.54, 1.807) is 30.5 Å². The van der Waals surface area contributed by atoms with Crippen LogP contribution in [-0.2, 0) is 12.7 Å². The smallest absolute Gasteiger partial charge is 0.344 e. The second-order valence-electron chi connectivity index (χ2n) is 7.99. The summed E-state index contributed by atoms with van der Waals surface area (Å²) in [6.45, 7) is 1.96. The summed E-state index contributed by atoms with van der Waals surface area (Å²) < 4.78 is 39.4. The number of carbonyl (C=O) groups is 1. The number of benzene rings is 2. The second-order valence-corrected chi connectivity index (χ2v) is 7.99. The molecule has 1 heterocycles. The summed E-state index contributed by atoms with van der Waals surface area (Å²) in [4.78, 5) is 21.1. The Morgan fingerprint density at radius 3 is 2.50 bits per heavy atom. The van der Waals surface area contributed by atoms with Crippen LogP contribution in [-0.4, -0.2) is 15.9 Å². The summed E-state index contributed by atoms with van der Waals surface area (Å²) in [6, 6.07) is 10.3. The third-order valence-electron chi connectivity index (χ3n) is 5.61. The van der Waals surface area contributed by atoms with Crippen LogP contribution in [0.4, 0.5) is 13.2 Å². The van der Waals surface area contributed by atoms with Gasteiger partial charge in [-0.15, -0.1) is 0 Å². The first-order chi connectivity index (χ1) is 15.3. The van der Waals surface area contributed by atoms with Crippen molar-refractivity contribution < 1.29 is 18.0 Å². The summed E-state index contributed by atoms with van der Waals surface area (Å²) in [5, 5.41) is 2.90. The van der Waals surface area contributed by atoms with Gasteiger partial charge in [-0.1, -0.05) is 30.3 Å². The minimum absolute atomic E-state index is 0.128. The fraction of sp³-hybridized carbons (Fsp3) is 0.292. The van der Waals surface area contributed by atoms with Gasteiger partial charge in [0.2, 0.25) is 0 Å². The molecule has 3 aromatic rings. The fourth-order valence-corrected chi connectivity index (χ4v) is 3.57. The Morgan fingerprint density at radius 1 is 1.16 bits per heavy atom. The quantitative estimate of drug-likeness (QED) is 0.566. The van der Waals surface area contributed by atoms with Gasteiger partial charge in [0, 0.05) is 18.7 Å². The Bertz CT molecular complexity index is 1120. The summed E-state index contributed by atoms with van der Waals surface area (Å²) >= 11 is 0. The van der Waals surface area contributed by atoms with Crippen LogP contribution in [0.3, 0.4) is 0 Å². The van der Waals surface area contributed by atoms with E-state index in [1.807, 2.05) is 6.92 Å². The molecule has 1 aliphatic rings. The molecule has 1 saturated carbocycles. The highest BCUT2D eigenvalue weighted by Crippen LogP contribution is 2.38. The van der Waals surface area contributed by atoms with Crippen LogP contribution < -0.4 is 11.1 Å². The van der Waals surface area contributed by atoms with E-state index in [0.29, 0.717) is 22.6 Å². The van der Waals surface area contributed by atoms with Gasteiger partial charge in [0.1, 0.15) is 5.69 Å². The molecule has 0 radical (unpaired) electrons. The van der Waals surface area contributed by atoms with Gasteiger partial charge >= 0.3 is 6.18 Å². The van der Waals surface area contributed by atoms with Gasteiger partial charge in [-0.3, -0.25) is 9.78 Å². The molecule has 0 aliphatic heterocycles. The van der Waals surface area contributed by atoms with Gasteiger partial charge in [-0.25, -0.2) is 4.98 Å². The van der Waals surface area contributed by atoms with Crippen molar-refractivity contribution in [1.29, 1.82) is 0 Å². The predicted molar refractivity (Wildman–Crippen MR) is 115 cm³/mol. The maximum atomic E-state index is 13.1. The second kappa shape index (κ2) is 8.70. The van der Waals surface area contributed by atoms with Crippen molar-refractivity contribution in [3.8, 4) is 11.1 Å². The van der Waals surface area contributed by atoms with E-state index in [1.165, 1.54) is 12.3 Å². The molecule has 166 valence electrons. The van der Waals surface area contributed by atoms with E-state index in [2.05, 4.69) is 15.3 Å². The molecule has 1 aliphatic carbocycles. The number of nitrogens with one attached hydrogen (secondary N) is 1. The first-order valence-electron chi connectivity index (χ1n) is 10.4. The molecule has 5 nitrogen and oxygen atoms in total. The number of aromatic nitrogens is 2. The van der Waals surface area contributed by atoms with Crippen LogP contribution >= 0.6 is 0 Å². The number of hydrogen-bond acceptors (Lipinski definition) is 4. The molecule has 2 aromatic carbocycles. The van der Waals surface area contributed by atoms with Gasteiger partial charge < -0.3 is 11.1 Å². The average molecular weight is 440 g/mol. The largest absolute Gasteiger partial charge is 0.416 e. The fourth-order valence-electron chi connectivity index (χ4n) is 3.57. The van der Waals surface area contributed by atoms with E-state index >= 15 is 0 Å². The molecule has 0 spiro atoms. The number of carbonyl (C=O) groups excluding carboxylic acids is 1. The monoisotopic (exact) mass is 440 g/mol. The van der Waals surface area contributed by atoms with Gasteiger partial charge in [-0.05, 0) is 54.2 Å². The molecule has 1 atom stereocenters. The Balaban J connectivity index is 1.51. The Kier molecular flexibility index (Phi) is 5.97. The predicted octanol–water partition coefficient (Wildman–Crippen LogP) is 4.99. The lowest BCUT2D eigenvalue weighted by Gasteiger charge is -2.16. The zero-order valence-corrected chi connectivity index (χ0v) is 17.5. The van der Waals surface area contributed by atoms with Crippen LogP contribution in [0.5, 0.6) is 0 Å². The van der Waals surface area contributed by atoms with Crippen LogP contribution in [0, 0.1) is 0 Å². The summed E-state index contributed by atoms with van der Waals surface area (Å²) in [7, 11) is 0.